The van der Waals surface area contributed by atoms with Crippen molar-refractivity contribution in [1.29, 1.82) is 0 Å². The lowest BCUT2D eigenvalue weighted by atomic mass is 10.2. The topological polar surface area (TPSA) is 54.0 Å². The van der Waals surface area contributed by atoms with E-state index in [1.165, 1.54) is 21.3 Å². The van der Waals surface area contributed by atoms with Crippen LogP contribution in [-0.4, -0.2) is 34.1 Å². The van der Waals surface area contributed by atoms with E-state index in [2.05, 4.69) is 4.74 Å². The number of rotatable bonds is 5. The van der Waals surface area contributed by atoms with Crippen molar-refractivity contribution in [3.63, 3.8) is 0 Å². The average Bonchev–Trinajstić information content (AvgIpc) is 2.34. The van der Waals surface area contributed by atoms with Crippen molar-refractivity contribution in [2.75, 3.05) is 28.1 Å². The maximum atomic E-state index is 11.6. The molecule has 0 fully saturated rings. The molecular weight excluding hydrogens is 212 g/mol. The van der Waals surface area contributed by atoms with E-state index in [4.69, 9.17) is 14.2 Å². The lowest BCUT2D eigenvalue weighted by Gasteiger charge is -2.12. The Morgan fingerprint density at radius 3 is 2.44 bits per heavy atom. The quantitative estimate of drug-likeness (QED) is 0.562. The molecule has 0 bridgehead atoms. The van der Waals surface area contributed by atoms with Gasteiger partial charge in [0.05, 0.1) is 14.2 Å². The average molecular weight is 226 g/mol. The molecule has 0 saturated heterocycles. The second-order valence-corrected chi connectivity index (χ2v) is 2.88. The van der Waals surface area contributed by atoms with Crippen LogP contribution in [0.3, 0.4) is 0 Å². The molecular formula is C11H14O5. The number of ether oxygens (including phenoxy) is 4. The number of hydrogen-bond acceptors (Lipinski definition) is 5. The van der Waals surface area contributed by atoms with Gasteiger partial charge in [-0.25, -0.2) is 4.79 Å². The molecule has 1 aromatic carbocycles. The highest BCUT2D eigenvalue weighted by atomic mass is 16.7. The molecule has 0 aliphatic rings. The van der Waals surface area contributed by atoms with Crippen LogP contribution in [0.25, 0.3) is 0 Å². The molecule has 0 unspecified atom stereocenters. The molecule has 0 heterocycles. The molecule has 0 spiro atoms. The monoisotopic (exact) mass is 226 g/mol. The van der Waals surface area contributed by atoms with E-state index in [-0.39, 0.29) is 12.4 Å². The van der Waals surface area contributed by atoms with Crippen LogP contribution >= 0.6 is 0 Å². The first-order chi connectivity index (χ1) is 7.74. The second kappa shape index (κ2) is 5.97. The van der Waals surface area contributed by atoms with Gasteiger partial charge in [-0.1, -0.05) is 6.07 Å². The predicted molar refractivity (Wildman–Crippen MR) is 56.8 cm³/mol. The van der Waals surface area contributed by atoms with E-state index < -0.39 is 5.97 Å². The Morgan fingerprint density at radius 2 is 1.88 bits per heavy atom. The van der Waals surface area contributed by atoms with Crippen molar-refractivity contribution in [3.8, 4) is 11.5 Å². The predicted octanol–water partition coefficient (Wildman–Crippen LogP) is 1.46. The van der Waals surface area contributed by atoms with Gasteiger partial charge in [0.1, 0.15) is 17.1 Å². The van der Waals surface area contributed by atoms with E-state index in [0.29, 0.717) is 11.5 Å². The fourth-order valence-electron chi connectivity index (χ4n) is 1.23. The highest BCUT2D eigenvalue weighted by Crippen LogP contribution is 2.28. The highest BCUT2D eigenvalue weighted by molar-refractivity contribution is 5.95. The van der Waals surface area contributed by atoms with Crippen LogP contribution in [0, 0.1) is 0 Å². The third kappa shape index (κ3) is 2.64. The van der Waals surface area contributed by atoms with Crippen molar-refractivity contribution in [1.82, 2.24) is 0 Å². The van der Waals surface area contributed by atoms with Gasteiger partial charge in [-0.05, 0) is 12.1 Å². The summed E-state index contributed by atoms with van der Waals surface area (Å²) in [5.74, 6) is 0.261. The minimum atomic E-state index is -0.511. The van der Waals surface area contributed by atoms with Crippen molar-refractivity contribution >= 4 is 5.97 Å². The summed E-state index contributed by atoms with van der Waals surface area (Å²) in [4.78, 5) is 11.6. The Hall–Kier alpha value is -1.75. The third-order valence-corrected chi connectivity index (χ3v) is 1.93. The SMILES string of the molecule is COCOc1cccc(OC)c1C(=O)OC. The zero-order valence-electron chi connectivity index (χ0n) is 9.48. The Kier molecular flexibility index (Phi) is 4.60. The van der Waals surface area contributed by atoms with Gasteiger partial charge in [0, 0.05) is 7.11 Å². The lowest BCUT2D eigenvalue weighted by molar-refractivity contribution is 0.0461. The lowest BCUT2D eigenvalue weighted by Crippen LogP contribution is -2.09. The molecule has 0 N–H and O–H groups in total. The molecule has 16 heavy (non-hydrogen) atoms. The number of benzene rings is 1. The second-order valence-electron chi connectivity index (χ2n) is 2.88. The maximum absolute atomic E-state index is 11.6. The Bertz CT molecular complexity index is 361. The minimum absolute atomic E-state index is 0.0527. The minimum Gasteiger partial charge on any atom is -0.496 e. The molecule has 0 aromatic heterocycles. The molecule has 1 aromatic rings. The van der Waals surface area contributed by atoms with Gasteiger partial charge in [-0.3, -0.25) is 0 Å². The summed E-state index contributed by atoms with van der Waals surface area (Å²) in [6.07, 6.45) is 0. The molecule has 5 nitrogen and oxygen atoms in total. The molecule has 0 atom stereocenters. The smallest absolute Gasteiger partial charge is 0.345 e. The number of carbonyl (C=O) groups excluding carboxylic acids is 1. The number of esters is 1. The van der Waals surface area contributed by atoms with Gasteiger partial charge in [-0.2, -0.15) is 0 Å². The summed E-state index contributed by atoms with van der Waals surface area (Å²) in [6, 6.07) is 5.02. The fraction of sp³-hybridized carbons (Fsp3) is 0.364. The van der Waals surface area contributed by atoms with E-state index in [9.17, 15) is 4.79 Å². The number of hydrogen-bond donors (Lipinski definition) is 0. The van der Waals surface area contributed by atoms with Gasteiger partial charge in [0.2, 0.25) is 0 Å². The van der Waals surface area contributed by atoms with Crippen LogP contribution in [0.15, 0.2) is 18.2 Å². The normalized spacial score (nSPS) is 9.69. The van der Waals surface area contributed by atoms with Crippen molar-refractivity contribution in [2.24, 2.45) is 0 Å². The molecule has 88 valence electrons. The number of carbonyl (C=O) groups is 1. The van der Waals surface area contributed by atoms with Gasteiger partial charge >= 0.3 is 5.97 Å². The standard InChI is InChI=1S/C11H14O5/c1-13-7-16-9-6-4-5-8(14-2)10(9)11(12)15-3/h4-6H,7H2,1-3H3. The Balaban J connectivity index is 3.10. The van der Waals surface area contributed by atoms with Crippen molar-refractivity contribution in [3.05, 3.63) is 23.8 Å². The zero-order chi connectivity index (χ0) is 12.0. The van der Waals surface area contributed by atoms with E-state index >= 15 is 0 Å². The van der Waals surface area contributed by atoms with Gasteiger partial charge in [0.25, 0.3) is 0 Å². The van der Waals surface area contributed by atoms with E-state index in [0.717, 1.165) is 0 Å². The summed E-state index contributed by atoms with van der Waals surface area (Å²) < 4.78 is 19.7. The van der Waals surface area contributed by atoms with Crippen LogP contribution < -0.4 is 9.47 Å². The fourth-order valence-corrected chi connectivity index (χ4v) is 1.23. The summed E-state index contributed by atoms with van der Waals surface area (Å²) in [6.45, 7) is 0.0527. The maximum Gasteiger partial charge on any atom is 0.345 e. The summed E-state index contributed by atoms with van der Waals surface area (Å²) in [7, 11) is 4.27. The molecule has 0 amide bonds. The van der Waals surface area contributed by atoms with Gasteiger partial charge in [0.15, 0.2) is 6.79 Å². The largest absolute Gasteiger partial charge is 0.496 e. The van der Waals surface area contributed by atoms with E-state index in [1.54, 1.807) is 18.2 Å². The zero-order valence-corrected chi connectivity index (χ0v) is 9.48. The summed E-state index contributed by atoms with van der Waals surface area (Å²) >= 11 is 0. The first-order valence-electron chi connectivity index (χ1n) is 4.61. The molecule has 0 aliphatic carbocycles. The Morgan fingerprint density at radius 1 is 1.19 bits per heavy atom. The van der Waals surface area contributed by atoms with Crippen LogP contribution in [0.5, 0.6) is 11.5 Å². The highest BCUT2D eigenvalue weighted by Gasteiger charge is 2.18. The van der Waals surface area contributed by atoms with Crippen molar-refractivity contribution in [2.45, 2.75) is 0 Å². The summed E-state index contributed by atoms with van der Waals surface area (Å²) in [5.41, 5.74) is 0.254. The van der Waals surface area contributed by atoms with Gasteiger partial charge < -0.3 is 18.9 Å². The molecule has 5 heteroatoms. The van der Waals surface area contributed by atoms with Gasteiger partial charge in [-0.15, -0.1) is 0 Å². The van der Waals surface area contributed by atoms with Crippen LogP contribution in [0.4, 0.5) is 0 Å². The van der Waals surface area contributed by atoms with Crippen LogP contribution in [-0.2, 0) is 9.47 Å². The summed E-state index contributed by atoms with van der Waals surface area (Å²) in [5, 5.41) is 0. The third-order valence-electron chi connectivity index (χ3n) is 1.93. The van der Waals surface area contributed by atoms with E-state index in [1.807, 2.05) is 0 Å². The number of methoxy groups -OCH3 is 3. The van der Waals surface area contributed by atoms with Crippen LogP contribution in [0.2, 0.25) is 0 Å². The Labute approximate surface area is 93.9 Å². The first-order valence-corrected chi connectivity index (χ1v) is 4.61. The van der Waals surface area contributed by atoms with Crippen molar-refractivity contribution < 1.29 is 23.7 Å². The molecule has 0 aliphatic heterocycles. The first kappa shape index (κ1) is 12.3. The molecule has 0 saturated carbocycles. The molecule has 1 rings (SSSR count). The molecule has 0 radical (unpaired) electrons. The van der Waals surface area contributed by atoms with Crippen LogP contribution in [0.1, 0.15) is 10.4 Å².